The highest BCUT2D eigenvalue weighted by molar-refractivity contribution is 6.82. The van der Waals surface area contributed by atoms with Crippen LogP contribution in [0.3, 0.4) is 0 Å². The summed E-state index contributed by atoms with van der Waals surface area (Å²) in [5, 5.41) is 93.9. The van der Waals surface area contributed by atoms with Crippen LogP contribution in [-0.4, -0.2) is 0 Å². The standard InChI is InChI=1S/C62H4/c1-3-4-2-6-10-9-5(1)11-18-14-7(3)13-8(4)15-19-12(6)21-17(10)26-25-16(9)20(11)29-35-27(18)33-23(14)31-22(13)32-24(15)34-28(19)36-30(21)40-38(26)47-37(25)39(29)48-45(35)52-43(33)50-41(31)42(32)51-44(34)53-46(36)49(40)56-54(47)55(48)61-59(52)57(50)58(51)60(53)62(56)61/h1-2H2. The van der Waals surface area contributed by atoms with E-state index in [1.165, 1.54) is 0 Å². The van der Waals surface area contributed by atoms with Crippen LogP contribution >= 0.6 is 0 Å². The van der Waals surface area contributed by atoms with E-state index < -0.39 is 0 Å². The SMILES string of the molecule is C1c2c3c4c5c2c2c6c7c1c1c8c(c9c%10c4c4c%11c5c5c2c2c6c6c%12c7c1c1c7c8c9c8c9c%10c4c4c%10c%11c5c5c2c2c6c6c%12c1c1c7c8c7c9c4c4c%10c5c2c2c6c1c7c42)C3. The molecular formula is C62H4. The van der Waals surface area contributed by atoms with Crippen molar-refractivity contribution in [1.82, 2.24) is 0 Å². The zero-order valence-electron chi connectivity index (χ0n) is 31.4. The summed E-state index contributed by atoms with van der Waals surface area (Å²) in [6, 6.07) is 0. The molecule has 29 aromatic carbocycles. The second-order valence-electron chi connectivity index (χ2n) is 23.3. The Morgan fingerprint density at radius 3 is 0.306 bits per heavy atom. The number of rotatable bonds is 0. The van der Waals surface area contributed by atoms with E-state index in [0.29, 0.717) is 0 Å². The van der Waals surface area contributed by atoms with Gasteiger partial charge in [-0.15, -0.1) is 0 Å². The molecule has 29 aromatic rings. The Kier molecular flexibility index (Phi) is 1.67. The van der Waals surface area contributed by atoms with E-state index in [1.54, 1.807) is 324 Å². The van der Waals surface area contributed by atoms with Gasteiger partial charge in [-0.25, -0.2) is 0 Å². The maximum Gasteiger partial charge on any atom is -0.0000000000000108 e. The molecule has 0 aromatic heterocycles. The monoisotopic (exact) mass is 748 g/mol. The summed E-state index contributed by atoms with van der Waals surface area (Å²) in [6.07, 6.45) is 2.18. The molecule has 0 N–H and O–H groups in total. The molecule has 62 heavy (non-hydrogen) atoms. The highest BCUT2D eigenvalue weighted by Crippen LogP contribution is 2.79. The Bertz CT molecular complexity index is 6760. The average Bonchev–Trinajstić information content (AvgIpc) is 4.13. The summed E-state index contributed by atoms with van der Waals surface area (Å²) in [6.45, 7) is 0. The van der Waals surface area contributed by atoms with E-state index >= 15 is 0 Å². The van der Waals surface area contributed by atoms with Gasteiger partial charge in [0.25, 0.3) is 0 Å². The van der Waals surface area contributed by atoms with E-state index in [9.17, 15) is 0 Å². The lowest BCUT2D eigenvalue weighted by atomic mass is 9.87. The minimum Gasteiger partial charge on any atom is -0.0308 e. The second kappa shape index (κ2) is 4.78. The predicted molar refractivity (Wildman–Crippen MR) is 267 cm³/mol. The van der Waals surface area contributed by atoms with Gasteiger partial charge in [0.15, 0.2) is 0 Å². The summed E-state index contributed by atoms with van der Waals surface area (Å²) >= 11 is 0. The third-order valence-electron chi connectivity index (χ3n) is 23.1. The number of hydrogen-bond donors (Lipinski definition) is 0. The Hall–Kier alpha value is -7.80. The van der Waals surface area contributed by atoms with Crippen molar-refractivity contribution < 1.29 is 0 Å². The van der Waals surface area contributed by atoms with Gasteiger partial charge < -0.3 is 0 Å². The first-order chi connectivity index (χ1) is 31.0. The maximum absolute atomic E-state index is 1.73. The molecule has 0 atom stereocenters. The average molecular weight is 749 g/mol. The number of benzene rings is 17. The van der Waals surface area contributed by atoms with Gasteiger partial charge in [0.2, 0.25) is 0 Å². The van der Waals surface area contributed by atoms with Crippen LogP contribution < -0.4 is 0 Å². The van der Waals surface area contributed by atoms with Crippen LogP contribution in [0, 0.1) is 0 Å². The van der Waals surface area contributed by atoms with Gasteiger partial charge in [-0.3, -0.25) is 0 Å². The fourth-order valence-corrected chi connectivity index (χ4v) is 23.0. The molecule has 0 unspecified atom stereocenters. The minimum atomic E-state index is 1.09. The third kappa shape index (κ3) is 1.10. The fraction of sp³-hybridized carbons (Fsp3) is 0.0323. The van der Waals surface area contributed by atoms with Gasteiger partial charge in [0, 0.05) is 0 Å². The van der Waals surface area contributed by atoms with Crippen LogP contribution in [0.4, 0.5) is 0 Å². The Labute approximate surface area is 335 Å². The molecule has 2 aliphatic carbocycles. The van der Waals surface area contributed by atoms with Crippen LogP contribution in [0.25, 0.3) is 302 Å². The van der Waals surface area contributed by atoms with Crippen molar-refractivity contribution in [3.8, 4) is 0 Å². The van der Waals surface area contributed by atoms with Crippen molar-refractivity contribution >= 4 is 302 Å². The van der Waals surface area contributed by atoms with E-state index in [0.717, 1.165) is 12.8 Å². The molecule has 0 spiro atoms. The first-order valence-corrected chi connectivity index (χ1v) is 23.4. The van der Waals surface area contributed by atoms with Crippen molar-refractivity contribution in [3.63, 3.8) is 0 Å². The molecule has 0 radical (unpaired) electrons. The van der Waals surface area contributed by atoms with Gasteiger partial charge in [-0.2, -0.15) is 0 Å². The van der Waals surface area contributed by atoms with E-state index in [4.69, 9.17) is 0 Å². The lowest BCUT2D eigenvalue weighted by Crippen LogP contribution is -1.97. The molecule has 2 aliphatic rings. The Morgan fingerprint density at radius 2 is 0.161 bits per heavy atom. The summed E-state index contributed by atoms with van der Waals surface area (Å²) in [5.41, 5.74) is 6.88. The van der Waals surface area contributed by atoms with Crippen LogP contribution in [0.15, 0.2) is 0 Å². The minimum absolute atomic E-state index is 1.09. The first-order valence-electron chi connectivity index (χ1n) is 23.4. The van der Waals surface area contributed by atoms with E-state index in [1.807, 2.05) is 0 Å². The zero-order valence-corrected chi connectivity index (χ0v) is 31.4. The lowest BCUT2D eigenvalue weighted by Gasteiger charge is -2.15. The zero-order chi connectivity index (χ0) is 36.1. The van der Waals surface area contributed by atoms with E-state index in [2.05, 4.69) is 0 Å². The summed E-state index contributed by atoms with van der Waals surface area (Å²) < 4.78 is 0. The Morgan fingerprint density at radius 1 is 0.0806 bits per heavy atom. The quantitative estimate of drug-likeness (QED) is 0.136. The van der Waals surface area contributed by atoms with Gasteiger partial charge in [-0.05, 0) is 337 Å². The summed E-state index contributed by atoms with van der Waals surface area (Å²) in [5.74, 6) is 0. The van der Waals surface area contributed by atoms with Crippen LogP contribution in [-0.2, 0) is 12.8 Å². The Balaban J connectivity index is 1.34. The van der Waals surface area contributed by atoms with Gasteiger partial charge in [0.05, 0.1) is 0 Å². The summed E-state index contributed by atoms with van der Waals surface area (Å²) in [7, 11) is 0. The third-order valence-corrected chi connectivity index (χ3v) is 23.1. The first kappa shape index (κ1) is 21.6. The highest BCUT2D eigenvalue weighted by atomic mass is 14.5. The molecule has 0 saturated heterocycles. The van der Waals surface area contributed by atoms with Crippen LogP contribution in [0.2, 0.25) is 0 Å². The number of hydrogen-bond acceptors (Lipinski definition) is 0. The van der Waals surface area contributed by atoms with Gasteiger partial charge in [-0.1, -0.05) is 0 Å². The normalized spacial score (nSPS) is 18.2. The van der Waals surface area contributed by atoms with E-state index in [-0.39, 0.29) is 0 Å². The molecule has 0 amide bonds. The highest BCUT2D eigenvalue weighted by Gasteiger charge is 2.51. The molecule has 252 valence electrons. The summed E-state index contributed by atoms with van der Waals surface area (Å²) in [4.78, 5) is 0. The van der Waals surface area contributed by atoms with Crippen molar-refractivity contribution in [3.05, 3.63) is 22.3 Å². The van der Waals surface area contributed by atoms with Crippen molar-refractivity contribution in [1.29, 1.82) is 0 Å². The predicted octanol–water partition coefficient (Wildman–Crippen LogP) is 17.5. The molecule has 0 heterocycles. The van der Waals surface area contributed by atoms with Gasteiger partial charge >= 0.3 is 0 Å². The van der Waals surface area contributed by atoms with Gasteiger partial charge in [0.1, 0.15) is 0 Å². The van der Waals surface area contributed by atoms with Crippen LogP contribution in [0.1, 0.15) is 22.3 Å². The molecule has 0 aliphatic heterocycles. The fourth-order valence-electron chi connectivity index (χ4n) is 23.0. The molecule has 0 fully saturated rings. The van der Waals surface area contributed by atoms with Crippen molar-refractivity contribution in [2.24, 2.45) is 0 Å². The molecule has 0 nitrogen and oxygen atoms in total. The topological polar surface area (TPSA) is 0 Å². The number of fused-ring (bicyclic) bond motifs is 4. The lowest BCUT2D eigenvalue weighted by molar-refractivity contribution is 1.17. The van der Waals surface area contributed by atoms with Crippen molar-refractivity contribution in [2.45, 2.75) is 12.8 Å². The van der Waals surface area contributed by atoms with Crippen molar-refractivity contribution in [2.75, 3.05) is 0 Å². The largest absolute Gasteiger partial charge is 0.0308 e. The molecular weight excluding hydrogens is 745 g/mol. The second-order valence-corrected chi connectivity index (χ2v) is 23.3. The molecule has 0 bridgehead atoms. The molecule has 31 rings (SSSR count). The molecule has 0 saturated carbocycles. The maximum atomic E-state index is 1.73. The van der Waals surface area contributed by atoms with Crippen LogP contribution in [0.5, 0.6) is 0 Å². The molecule has 0 heteroatoms. The smallest absolute Gasteiger partial charge is 0.0000000000000108 e.